The predicted octanol–water partition coefficient (Wildman–Crippen LogP) is 2.52. The molecule has 29 heavy (non-hydrogen) atoms. The summed E-state index contributed by atoms with van der Waals surface area (Å²) in [7, 11) is 0. The number of nitrogens with zero attached hydrogens (tertiary/aromatic N) is 2. The summed E-state index contributed by atoms with van der Waals surface area (Å²) in [5.74, 6) is 0.304. The number of nitrogens with one attached hydrogen (secondary N) is 1. The zero-order valence-corrected chi connectivity index (χ0v) is 18.2. The number of aryl methyl sites for hydroxylation is 1. The van der Waals surface area contributed by atoms with Crippen molar-refractivity contribution in [3.63, 3.8) is 0 Å². The van der Waals surface area contributed by atoms with Crippen molar-refractivity contribution < 1.29 is 14.3 Å². The molecule has 1 aromatic rings. The second-order valence-electron chi connectivity index (χ2n) is 8.80. The average molecular weight is 402 g/mol. The van der Waals surface area contributed by atoms with E-state index in [4.69, 9.17) is 4.74 Å². The van der Waals surface area contributed by atoms with Crippen molar-refractivity contribution in [2.45, 2.75) is 46.6 Å². The number of ether oxygens (including phenoxy) is 1. The third-order valence-corrected chi connectivity index (χ3v) is 6.18. The Labute approximate surface area is 174 Å². The molecule has 2 heterocycles. The van der Waals surface area contributed by atoms with Gasteiger partial charge in [-0.05, 0) is 43.4 Å². The highest BCUT2D eigenvalue weighted by Gasteiger charge is 2.36. The number of amides is 2. The first-order chi connectivity index (χ1) is 13.9. The molecule has 2 fully saturated rings. The van der Waals surface area contributed by atoms with E-state index in [1.807, 2.05) is 32.0 Å². The summed E-state index contributed by atoms with van der Waals surface area (Å²) in [6, 6.07) is 6.30. The number of rotatable bonds is 7. The zero-order chi connectivity index (χ0) is 21.0. The highest BCUT2D eigenvalue weighted by molar-refractivity contribution is 6.00. The van der Waals surface area contributed by atoms with E-state index in [0.717, 1.165) is 49.5 Å². The Morgan fingerprint density at radius 2 is 1.97 bits per heavy atom. The first-order valence-electron chi connectivity index (χ1n) is 10.8. The molecule has 2 amide bonds. The van der Waals surface area contributed by atoms with Crippen molar-refractivity contribution in [2.24, 2.45) is 11.8 Å². The van der Waals surface area contributed by atoms with E-state index >= 15 is 0 Å². The van der Waals surface area contributed by atoms with Crippen LogP contribution in [0.5, 0.6) is 0 Å². The molecule has 1 N–H and O–H groups in total. The van der Waals surface area contributed by atoms with E-state index in [0.29, 0.717) is 25.0 Å². The van der Waals surface area contributed by atoms with Crippen molar-refractivity contribution in [2.75, 3.05) is 44.3 Å². The second kappa shape index (κ2) is 9.72. The van der Waals surface area contributed by atoms with Gasteiger partial charge >= 0.3 is 0 Å². The normalized spacial score (nSPS) is 21.6. The number of hydrogen-bond acceptors (Lipinski definition) is 4. The molecule has 2 saturated heterocycles. The predicted molar refractivity (Wildman–Crippen MR) is 115 cm³/mol. The molecule has 0 spiro atoms. The van der Waals surface area contributed by atoms with Crippen LogP contribution in [0.1, 0.15) is 37.8 Å². The van der Waals surface area contributed by atoms with E-state index in [2.05, 4.69) is 24.1 Å². The molecule has 0 saturated carbocycles. The van der Waals surface area contributed by atoms with Crippen molar-refractivity contribution in [3.8, 4) is 0 Å². The minimum Gasteiger partial charge on any atom is -0.379 e. The van der Waals surface area contributed by atoms with Crippen LogP contribution < -0.4 is 10.2 Å². The highest BCUT2D eigenvalue weighted by Crippen LogP contribution is 2.29. The maximum absolute atomic E-state index is 12.9. The third kappa shape index (κ3) is 5.37. The van der Waals surface area contributed by atoms with E-state index in [1.54, 1.807) is 4.90 Å². The fraction of sp³-hybridized carbons (Fsp3) is 0.652. The topological polar surface area (TPSA) is 61.9 Å². The first-order valence-corrected chi connectivity index (χ1v) is 10.8. The van der Waals surface area contributed by atoms with Crippen LogP contribution in [-0.4, -0.2) is 62.1 Å². The molecule has 1 aromatic carbocycles. The first kappa shape index (κ1) is 21.8. The molecule has 0 aromatic heterocycles. The number of hydrogen-bond donors (Lipinski definition) is 1. The maximum atomic E-state index is 12.9. The van der Waals surface area contributed by atoms with Gasteiger partial charge in [-0.15, -0.1) is 0 Å². The summed E-state index contributed by atoms with van der Waals surface area (Å²) < 4.78 is 5.47. The van der Waals surface area contributed by atoms with Gasteiger partial charge in [0.1, 0.15) is 0 Å². The highest BCUT2D eigenvalue weighted by atomic mass is 16.5. The summed E-state index contributed by atoms with van der Waals surface area (Å²) in [6.45, 7) is 12.9. The van der Waals surface area contributed by atoms with Crippen LogP contribution in [0.4, 0.5) is 5.69 Å². The van der Waals surface area contributed by atoms with E-state index in [9.17, 15) is 9.59 Å². The molecule has 6 nitrogen and oxygen atoms in total. The zero-order valence-electron chi connectivity index (χ0n) is 18.2. The maximum Gasteiger partial charge on any atom is 0.227 e. The van der Waals surface area contributed by atoms with Gasteiger partial charge in [-0.3, -0.25) is 14.5 Å². The molecular weight excluding hydrogens is 366 g/mol. The Hall–Kier alpha value is -1.92. The number of carbonyl (C=O) groups is 2. The van der Waals surface area contributed by atoms with Gasteiger partial charge in [0.05, 0.1) is 19.1 Å². The van der Waals surface area contributed by atoms with Crippen LogP contribution in [0.15, 0.2) is 18.2 Å². The van der Waals surface area contributed by atoms with Crippen molar-refractivity contribution in [1.29, 1.82) is 0 Å². The molecule has 2 aliphatic heterocycles. The summed E-state index contributed by atoms with van der Waals surface area (Å²) in [6.07, 6.45) is 1.32. The Morgan fingerprint density at radius 1 is 1.24 bits per heavy atom. The van der Waals surface area contributed by atoms with Gasteiger partial charge < -0.3 is 15.0 Å². The van der Waals surface area contributed by atoms with E-state index in [1.165, 1.54) is 0 Å². The van der Waals surface area contributed by atoms with Crippen LogP contribution in [0.2, 0.25) is 0 Å². The molecule has 0 radical (unpaired) electrons. The van der Waals surface area contributed by atoms with Gasteiger partial charge in [0, 0.05) is 44.3 Å². The smallest absolute Gasteiger partial charge is 0.227 e. The number of benzene rings is 1. The second-order valence-corrected chi connectivity index (χ2v) is 8.80. The lowest BCUT2D eigenvalue weighted by Crippen LogP contribution is -2.50. The summed E-state index contributed by atoms with van der Waals surface area (Å²) in [4.78, 5) is 29.7. The minimum atomic E-state index is -0.285. The Morgan fingerprint density at radius 3 is 2.66 bits per heavy atom. The number of morpholine rings is 1. The van der Waals surface area contributed by atoms with Gasteiger partial charge in [0.2, 0.25) is 11.8 Å². The number of anilines is 1. The van der Waals surface area contributed by atoms with Gasteiger partial charge in [0.25, 0.3) is 0 Å². The third-order valence-electron chi connectivity index (χ3n) is 6.18. The van der Waals surface area contributed by atoms with Crippen LogP contribution in [-0.2, 0) is 14.3 Å². The Bertz CT molecular complexity index is 728. The lowest BCUT2D eigenvalue weighted by Gasteiger charge is -2.35. The fourth-order valence-corrected chi connectivity index (χ4v) is 4.36. The molecule has 160 valence electrons. The molecule has 2 atom stereocenters. The Balaban J connectivity index is 1.60. The summed E-state index contributed by atoms with van der Waals surface area (Å²) in [5.41, 5.74) is 3.19. The standard InChI is InChI=1S/C23H35N3O3/c1-16(2)12-20(25-8-10-29-11-9-25)14-24-23(28)19-13-22(27)26(15-19)21-7-5-6-17(3)18(21)4/h5-7,16,19-20H,8-15H2,1-4H3,(H,24,28)/t19-,20+/m0/s1. The summed E-state index contributed by atoms with van der Waals surface area (Å²) >= 11 is 0. The molecule has 0 bridgehead atoms. The van der Waals surface area contributed by atoms with Crippen LogP contribution in [0.25, 0.3) is 0 Å². The van der Waals surface area contributed by atoms with Gasteiger partial charge in [-0.1, -0.05) is 26.0 Å². The fourth-order valence-electron chi connectivity index (χ4n) is 4.36. The molecule has 2 aliphatic rings. The van der Waals surface area contributed by atoms with E-state index in [-0.39, 0.29) is 24.2 Å². The molecular formula is C23H35N3O3. The van der Waals surface area contributed by atoms with Crippen LogP contribution >= 0.6 is 0 Å². The lowest BCUT2D eigenvalue weighted by molar-refractivity contribution is -0.126. The molecule has 3 rings (SSSR count). The molecule has 0 aliphatic carbocycles. The average Bonchev–Trinajstić information content (AvgIpc) is 3.09. The SMILES string of the molecule is Cc1cccc(N2C[C@@H](C(=O)NC[C@@H](CC(C)C)N3CCOCC3)CC2=O)c1C. The van der Waals surface area contributed by atoms with Crippen molar-refractivity contribution in [1.82, 2.24) is 10.2 Å². The molecule has 0 unspecified atom stereocenters. The monoisotopic (exact) mass is 401 g/mol. The molecule has 6 heteroatoms. The van der Waals surface area contributed by atoms with Crippen LogP contribution in [0, 0.1) is 25.7 Å². The quantitative estimate of drug-likeness (QED) is 0.763. The lowest BCUT2D eigenvalue weighted by atomic mass is 10.0. The van der Waals surface area contributed by atoms with Gasteiger partial charge in [-0.2, -0.15) is 0 Å². The number of carbonyl (C=O) groups excluding carboxylic acids is 2. The van der Waals surface area contributed by atoms with Crippen molar-refractivity contribution in [3.05, 3.63) is 29.3 Å². The van der Waals surface area contributed by atoms with E-state index < -0.39 is 0 Å². The van der Waals surface area contributed by atoms with Crippen LogP contribution in [0.3, 0.4) is 0 Å². The summed E-state index contributed by atoms with van der Waals surface area (Å²) in [5, 5.41) is 3.15. The van der Waals surface area contributed by atoms with Crippen molar-refractivity contribution >= 4 is 17.5 Å². The minimum absolute atomic E-state index is 0.00632. The Kier molecular flexibility index (Phi) is 7.30. The largest absolute Gasteiger partial charge is 0.379 e. The van der Waals surface area contributed by atoms with Gasteiger partial charge in [0.15, 0.2) is 0 Å². The van der Waals surface area contributed by atoms with Gasteiger partial charge in [-0.25, -0.2) is 0 Å².